The molecule has 0 aliphatic rings. The van der Waals surface area contributed by atoms with Gasteiger partial charge in [0.1, 0.15) is 5.71 Å². The summed E-state index contributed by atoms with van der Waals surface area (Å²) in [5.41, 5.74) is -0.143. The molecule has 0 saturated heterocycles. The molecule has 1 rings (SSSR count). The molecule has 0 radical (unpaired) electrons. The van der Waals surface area contributed by atoms with Gasteiger partial charge in [0.25, 0.3) is 0 Å². The fraction of sp³-hybridized carbons (Fsp3) is 0. The van der Waals surface area contributed by atoms with E-state index in [9.17, 15) is 10.0 Å². The molecule has 0 fully saturated rings. The largest absolute Gasteiger partial charge is 0.791 e. The summed E-state index contributed by atoms with van der Waals surface area (Å²) in [7, 11) is 0. The van der Waals surface area contributed by atoms with Crippen molar-refractivity contribution in [2.45, 2.75) is 0 Å². The van der Waals surface area contributed by atoms with E-state index in [0.717, 1.165) is 0 Å². The van der Waals surface area contributed by atoms with Crippen LogP contribution < -0.4 is 0 Å². The van der Waals surface area contributed by atoms with E-state index in [1.165, 1.54) is 12.1 Å². The van der Waals surface area contributed by atoms with E-state index in [1.54, 1.807) is 18.2 Å². The average Bonchev–Trinajstić information content (AvgIpc) is 2.07. The molecule has 0 bridgehead atoms. The molecule has 0 atom stereocenters. The number of carboxylic acid groups (broad SMARTS) is 1. The molecule has 12 heavy (non-hydrogen) atoms. The van der Waals surface area contributed by atoms with Gasteiger partial charge < -0.3 is 15.5 Å². The molecule has 0 aromatic heterocycles. The van der Waals surface area contributed by atoms with Gasteiger partial charge in [-0.1, -0.05) is 30.3 Å². The van der Waals surface area contributed by atoms with Crippen LogP contribution in [0.2, 0.25) is 0 Å². The Labute approximate surface area is 68.8 Å². The second-order valence-corrected chi connectivity index (χ2v) is 2.11. The summed E-state index contributed by atoms with van der Waals surface area (Å²) < 4.78 is 0. The molecular weight excluding hydrogens is 158 g/mol. The highest BCUT2D eigenvalue weighted by atomic mass is 16.4. The molecule has 62 valence electrons. The molecule has 1 N–H and O–H groups in total. The summed E-state index contributed by atoms with van der Waals surface area (Å²) >= 11 is 0. The quantitative estimate of drug-likeness (QED) is 0.524. The number of carbonyl (C=O) groups is 1. The fourth-order valence-corrected chi connectivity index (χ4v) is 0.811. The van der Waals surface area contributed by atoms with Crippen LogP contribution in [0.25, 0.3) is 0 Å². The normalized spacial score (nSPS) is 11.2. The number of aliphatic carboxylic acids is 1. The van der Waals surface area contributed by atoms with Crippen LogP contribution in [0.3, 0.4) is 0 Å². The predicted molar refractivity (Wildman–Crippen MR) is 44.0 cm³/mol. The Morgan fingerprint density at radius 1 is 1.33 bits per heavy atom. The van der Waals surface area contributed by atoms with E-state index in [0.29, 0.717) is 5.56 Å². The number of benzene rings is 1. The highest BCUT2D eigenvalue weighted by Gasteiger charge is 2.08. The van der Waals surface area contributed by atoms with Crippen molar-refractivity contribution in [1.29, 1.82) is 0 Å². The third-order valence-electron chi connectivity index (χ3n) is 1.34. The fourth-order valence-electron chi connectivity index (χ4n) is 0.811. The van der Waals surface area contributed by atoms with Crippen LogP contribution in [0.1, 0.15) is 5.56 Å². The number of carboxylic acids is 1. The molecule has 4 heteroatoms. The summed E-state index contributed by atoms with van der Waals surface area (Å²) in [6.45, 7) is 0. The first kappa shape index (κ1) is 8.26. The zero-order valence-corrected chi connectivity index (χ0v) is 6.10. The maximum absolute atomic E-state index is 10.4. The third-order valence-corrected chi connectivity index (χ3v) is 1.34. The van der Waals surface area contributed by atoms with Gasteiger partial charge in [-0.2, -0.15) is 0 Å². The highest BCUT2D eigenvalue weighted by molar-refractivity contribution is 6.42. The summed E-state index contributed by atoms with van der Waals surface area (Å²) in [5, 5.41) is 21.0. The van der Waals surface area contributed by atoms with Crippen molar-refractivity contribution in [2.75, 3.05) is 0 Å². The highest BCUT2D eigenvalue weighted by Crippen LogP contribution is 2.00. The molecule has 0 unspecified atom stereocenters. The summed E-state index contributed by atoms with van der Waals surface area (Å²) in [6.07, 6.45) is 0. The van der Waals surface area contributed by atoms with E-state index in [2.05, 4.69) is 5.16 Å². The molecule has 0 spiro atoms. The summed E-state index contributed by atoms with van der Waals surface area (Å²) in [4.78, 5) is 10.4. The Kier molecular flexibility index (Phi) is 2.42. The third kappa shape index (κ3) is 1.60. The molecule has 0 saturated carbocycles. The zero-order valence-electron chi connectivity index (χ0n) is 6.10. The molecular formula is C8H6NO3-. The van der Waals surface area contributed by atoms with Crippen LogP contribution in [0.4, 0.5) is 0 Å². The summed E-state index contributed by atoms with van der Waals surface area (Å²) in [6, 6.07) is 8.05. The molecule has 0 heterocycles. The van der Waals surface area contributed by atoms with Crippen molar-refractivity contribution in [3.05, 3.63) is 41.1 Å². The minimum absolute atomic E-state index is 0.319. The molecule has 0 aliphatic carbocycles. The minimum Gasteiger partial charge on any atom is -0.791 e. The zero-order chi connectivity index (χ0) is 8.97. The maximum Gasteiger partial charge on any atom is 0.354 e. The van der Waals surface area contributed by atoms with Crippen molar-refractivity contribution < 1.29 is 9.90 Å². The monoisotopic (exact) mass is 164 g/mol. The van der Waals surface area contributed by atoms with E-state index >= 15 is 0 Å². The van der Waals surface area contributed by atoms with E-state index in [-0.39, 0.29) is 0 Å². The van der Waals surface area contributed by atoms with Gasteiger partial charge in [-0.25, -0.2) is 4.79 Å². The predicted octanol–water partition coefficient (Wildman–Crippen LogP) is 1.06. The van der Waals surface area contributed by atoms with Gasteiger partial charge in [0.2, 0.25) is 0 Å². The smallest absolute Gasteiger partial charge is 0.354 e. The van der Waals surface area contributed by atoms with Gasteiger partial charge in [-0.3, -0.25) is 0 Å². The minimum atomic E-state index is -1.31. The molecule has 4 nitrogen and oxygen atoms in total. The lowest BCUT2D eigenvalue weighted by Gasteiger charge is -2.02. The standard InChI is InChI=1S/C8H7NO3/c10-8(11)7(9-12)6-4-2-1-3-5-6/h1-5,12H,(H,10,11)/p-1/b9-7-. The van der Waals surface area contributed by atoms with Crippen LogP contribution in [0, 0.1) is 5.21 Å². The number of nitrogens with zero attached hydrogens (tertiary/aromatic N) is 1. The lowest BCUT2D eigenvalue weighted by molar-refractivity contribution is -0.129. The number of hydrogen-bond acceptors (Lipinski definition) is 3. The molecule has 1 aromatic carbocycles. The van der Waals surface area contributed by atoms with Crippen LogP contribution in [0.15, 0.2) is 35.5 Å². The first-order valence-corrected chi connectivity index (χ1v) is 3.24. The topological polar surface area (TPSA) is 72.7 Å². The first-order chi connectivity index (χ1) is 5.75. The van der Waals surface area contributed by atoms with Gasteiger partial charge in [0, 0.05) is 5.56 Å². The Morgan fingerprint density at radius 3 is 2.33 bits per heavy atom. The van der Waals surface area contributed by atoms with Crippen LogP contribution >= 0.6 is 0 Å². The van der Waals surface area contributed by atoms with Gasteiger partial charge in [0.05, 0.1) is 0 Å². The molecule has 0 amide bonds. The van der Waals surface area contributed by atoms with E-state index < -0.39 is 11.7 Å². The SMILES string of the molecule is O=C(O)/C(=N\[O-])c1ccccc1. The van der Waals surface area contributed by atoms with Crippen LogP contribution in [-0.4, -0.2) is 16.8 Å². The van der Waals surface area contributed by atoms with Crippen molar-refractivity contribution in [3.63, 3.8) is 0 Å². The van der Waals surface area contributed by atoms with Gasteiger partial charge in [-0.15, -0.1) is 0 Å². The Bertz CT molecular complexity index is 305. The number of rotatable bonds is 2. The molecule has 1 aromatic rings. The maximum atomic E-state index is 10.4. The van der Waals surface area contributed by atoms with Crippen molar-refractivity contribution in [1.82, 2.24) is 0 Å². The average molecular weight is 164 g/mol. The second-order valence-electron chi connectivity index (χ2n) is 2.11. The van der Waals surface area contributed by atoms with Gasteiger partial charge in [0.15, 0.2) is 0 Å². The first-order valence-electron chi connectivity index (χ1n) is 3.24. The van der Waals surface area contributed by atoms with E-state index in [1.807, 2.05) is 0 Å². The van der Waals surface area contributed by atoms with Crippen LogP contribution in [-0.2, 0) is 4.79 Å². The van der Waals surface area contributed by atoms with Gasteiger partial charge in [-0.05, 0) is 0 Å². The number of hydrogen-bond donors (Lipinski definition) is 1. The van der Waals surface area contributed by atoms with E-state index in [4.69, 9.17) is 5.11 Å². The van der Waals surface area contributed by atoms with Crippen molar-refractivity contribution >= 4 is 11.7 Å². The molecule has 0 aliphatic heterocycles. The van der Waals surface area contributed by atoms with Crippen molar-refractivity contribution in [2.24, 2.45) is 5.16 Å². The lowest BCUT2D eigenvalue weighted by Crippen LogP contribution is -2.13. The summed E-state index contributed by atoms with van der Waals surface area (Å²) in [5.74, 6) is -1.31. The second kappa shape index (κ2) is 3.52. The van der Waals surface area contributed by atoms with Crippen LogP contribution in [0.5, 0.6) is 0 Å². The Hall–Kier alpha value is -1.84. The van der Waals surface area contributed by atoms with Crippen molar-refractivity contribution in [3.8, 4) is 0 Å². The Balaban J connectivity index is 3.05. The van der Waals surface area contributed by atoms with Gasteiger partial charge >= 0.3 is 5.97 Å². The Morgan fingerprint density at radius 2 is 1.92 bits per heavy atom. The lowest BCUT2D eigenvalue weighted by atomic mass is 10.1.